The highest BCUT2D eigenvalue weighted by molar-refractivity contribution is 8.18. The van der Waals surface area contributed by atoms with E-state index in [2.05, 4.69) is 0 Å². The van der Waals surface area contributed by atoms with Crippen molar-refractivity contribution < 1.29 is 14.3 Å². The maximum atomic E-state index is 12.4. The van der Waals surface area contributed by atoms with Crippen molar-refractivity contribution in [3.05, 3.63) is 69.6 Å². The summed E-state index contributed by atoms with van der Waals surface area (Å²) < 4.78 is 5.55. The van der Waals surface area contributed by atoms with Crippen LogP contribution in [0.3, 0.4) is 0 Å². The van der Waals surface area contributed by atoms with Crippen LogP contribution in [0.25, 0.3) is 6.08 Å². The van der Waals surface area contributed by atoms with Gasteiger partial charge in [0.1, 0.15) is 12.4 Å². The molecule has 0 aromatic heterocycles. The number of ether oxygens (including phenoxy) is 1. The summed E-state index contributed by atoms with van der Waals surface area (Å²) in [7, 11) is 0. The van der Waals surface area contributed by atoms with Gasteiger partial charge < -0.3 is 4.74 Å². The Labute approximate surface area is 155 Å². The number of rotatable bonds is 5. The van der Waals surface area contributed by atoms with E-state index < -0.39 is 0 Å². The van der Waals surface area contributed by atoms with Crippen LogP contribution in [0.5, 0.6) is 5.75 Å². The number of thioether (sulfide) groups is 1. The average Bonchev–Trinajstić information content (AvgIpc) is 2.86. The lowest BCUT2D eigenvalue weighted by molar-refractivity contribution is -0.123. The van der Waals surface area contributed by atoms with Crippen LogP contribution >= 0.6 is 23.4 Å². The van der Waals surface area contributed by atoms with Gasteiger partial charge in [-0.3, -0.25) is 14.5 Å². The quantitative estimate of drug-likeness (QED) is 0.708. The molecule has 0 aliphatic carbocycles. The summed E-state index contributed by atoms with van der Waals surface area (Å²) in [6.45, 7) is 2.44. The van der Waals surface area contributed by atoms with Crippen LogP contribution in [0, 0.1) is 6.92 Å². The summed E-state index contributed by atoms with van der Waals surface area (Å²) in [6.07, 6.45) is 1.74. The van der Waals surface area contributed by atoms with E-state index in [1.807, 2.05) is 31.2 Å². The van der Waals surface area contributed by atoms with E-state index in [1.165, 1.54) is 4.90 Å². The first-order chi connectivity index (χ1) is 12.0. The third-order valence-electron chi connectivity index (χ3n) is 3.65. The first kappa shape index (κ1) is 17.6. The third-order valence-corrected chi connectivity index (χ3v) is 4.81. The van der Waals surface area contributed by atoms with E-state index in [0.29, 0.717) is 15.7 Å². The zero-order chi connectivity index (χ0) is 17.8. The van der Waals surface area contributed by atoms with E-state index in [4.69, 9.17) is 16.3 Å². The van der Waals surface area contributed by atoms with E-state index in [9.17, 15) is 9.59 Å². The highest BCUT2D eigenvalue weighted by Gasteiger charge is 2.34. The molecule has 1 saturated heterocycles. The van der Waals surface area contributed by atoms with Gasteiger partial charge in [0.25, 0.3) is 11.1 Å². The van der Waals surface area contributed by atoms with Gasteiger partial charge >= 0.3 is 0 Å². The van der Waals surface area contributed by atoms with Crippen molar-refractivity contribution in [3.63, 3.8) is 0 Å². The molecule has 0 bridgehead atoms. The van der Waals surface area contributed by atoms with Crippen LogP contribution in [-0.2, 0) is 4.79 Å². The summed E-state index contributed by atoms with van der Waals surface area (Å²) in [5.74, 6) is 0.363. The number of benzene rings is 2. The topological polar surface area (TPSA) is 46.6 Å². The largest absolute Gasteiger partial charge is 0.492 e. The van der Waals surface area contributed by atoms with E-state index in [0.717, 1.165) is 22.9 Å². The lowest BCUT2D eigenvalue weighted by Crippen LogP contribution is -2.32. The molecule has 25 heavy (non-hydrogen) atoms. The molecule has 3 rings (SSSR count). The molecule has 1 heterocycles. The molecular formula is C19H16ClNO3S. The molecule has 0 spiro atoms. The second-order valence-electron chi connectivity index (χ2n) is 5.55. The fraction of sp³-hybridized carbons (Fsp3) is 0.158. The Kier molecular flexibility index (Phi) is 5.46. The second kappa shape index (κ2) is 7.76. The predicted octanol–water partition coefficient (Wildman–Crippen LogP) is 4.76. The van der Waals surface area contributed by atoms with Crippen molar-refractivity contribution in [2.45, 2.75) is 6.92 Å². The summed E-state index contributed by atoms with van der Waals surface area (Å²) in [6, 6.07) is 14.7. The van der Waals surface area contributed by atoms with Gasteiger partial charge in [-0.25, -0.2) is 0 Å². The molecule has 0 radical (unpaired) electrons. The van der Waals surface area contributed by atoms with Gasteiger partial charge in [-0.2, -0.15) is 0 Å². The van der Waals surface area contributed by atoms with Crippen LogP contribution in [0.4, 0.5) is 4.79 Å². The van der Waals surface area contributed by atoms with Gasteiger partial charge in [-0.05, 0) is 54.6 Å². The third kappa shape index (κ3) is 4.44. The first-order valence-corrected chi connectivity index (χ1v) is 8.93. The van der Waals surface area contributed by atoms with Gasteiger partial charge in [0, 0.05) is 5.02 Å². The van der Waals surface area contributed by atoms with Crippen molar-refractivity contribution in [2.75, 3.05) is 13.2 Å². The molecule has 0 saturated carbocycles. The molecule has 0 unspecified atom stereocenters. The number of hydrogen-bond acceptors (Lipinski definition) is 4. The predicted molar refractivity (Wildman–Crippen MR) is 101 cm³/mol. The van der Waals surface area contributed by atoms with E-state index in [1.54, 1.807) is 30.3 Å². The molecule has 2 aromatic rings. The molecule has 4 nitrogen and oxygen atoms in total. The Morgan fingerprint density at radius 1 is 1.08 bits per heavy atom. The standard InChI is InChI=1S/C19H16ClNO3S/c1-13-2-4-14(5-3-13)12-17-18(22)21(19(23)25-17)10-11-24-16-8-6-15(20)7-9-16/h2-9,12H,10-11H2,1H3/b17-12-. The van der Waals surface area contributed by atoms with Crippen molar-refractivity contribution in [1.29, 1.82) is 0 Å². The van der Waals surface area contributed by atoms with Crippen molar-refractivity contribution in [2.24, 2.45) is 0 Å². The van der Waals surface area contributed by atoms with Gasteiger partial charge in [-0.1, -0.05) is 41.4 Å². The number of imide groups is 1. The average molecular weight is 374 g/mol. The van der Waals surface area contributed by atoms with Gasteiger partial charge in [0.05, 0.1) is 11.4 Å². The lowest BCUT2D eigenvalue weighted by atomic mass is 10.1. The molecule has 1 aliphatic rings. The molecular weight excluding hydrogens is 358 g/mol. The fourth-order valence-electron chi connectivity index (χ4n) is 2.29. The van der Waals surface area contributed by atoms with Gasteiger partial charge in [0.15, 0.2) is 0 Å². The highest BCUT2D eigenvalue weighted by atomic mass is 35.5. The van der Waals surface area contributed by atoms with Crippen LogP contribution < -0.4 is 4.74 Å². The number of amides is 2. The summed E-state index contributed by atoms with van der Waals surface area (Å²) in [5, 5.41) is 0.350. The van der Waals surface area contributed by atoms with Crippen molar-refractivity contribution in [1.82, 2.24) is 4.90 Å². The zero-order valence-corrected chi connectivity index (χ0v) is 15.1. The number of carbonyl (C=O) groups is 2. The van der Waals surface area contributed by atoms with E-state index >= 15 is 0 Å². The number of aryl methyl sites for hydroxylation is 1. The molecule has 6 heteroatoms. The van der Waals surface area contributed by atoms with Gasteiger partial charge in [0.2, 0.25) is 0 Å². The Balaban J connectivity index is 1.61. The van der Waals surface area contributed by atoms with Crippen LogP contribution in [0.1, 0.15) is 11.1 Å². The zero-order valence-electron chi connectivity index (χ0n) is 13.6. The summed E-state index contributed by atoms with van der Waals surface area (Å²) >= 11 is 6.77. The second-order valence-corrected chi connectivity index (χ2v) is 6.98. The maximum absolute atomic E-state index is 12.4. The van der Waals surface area contributed by atoms with Crippen molar-refractivity contribution in [3.8, 4) is 5.75 Å². The molecule has 0 N–H and O–H groups in total. The summed E-state index contributed by atoms with van der Waals surface area (Å²) in [4.78, 5) is 26.1. The smallest absolute Gasteiger partial charge is 0.293 e. The molecule has 1 aliphatic heterocycles. The molecule has 0 atom stereocenters. The summed E-state index contributed by atoms with van der Waals surface area (Å²) in [5.41, 5.74) is 2.04. The molecule has 2 aromatic carbocycles. The molecule has 1 fully saturated rings. The Bertz CT molecular complexity index is 816. The monoisotopic (exact) mass is 373 g/mol. The van der Waals surface area contributed by atoms with Crippen molar-refractivity contribution >= 4 is 40.6 Å². The number of carbonyl (C=O) groups excluding carboxylic acids is 2. The molecule has 128 valence electrons. The number of hydrogen-bond donors (Lipinski definition) is 0. The Morgan fingerprint density at radius 3 is 2.44 bits per heavy atom. The van der Waals surface area contributed by atoms with Crippen LogP contribution in [-0.4, -0.2) is 29.2 Å². The fourth-order valence-corrected chi connectivity index (χ4v) is 3.28. The minimum absolute atomic E-state index is 0.207. The SMILES string of the molecule is Cc1ccc(/C=C2\SC(=O)N(CCOc3ccc(Cl)cc3)C2=O)cc1. The minimum atomic E-state index is -0.282. The van der Waals surface area contributed by atoms with Crippen LogP contribution in [0.15, 0.2) is 53.4 Å². The normalized spacial score (nSPS) is 15.9. The van der Waals surface area contributed by atoms with Crippen LogP contribution in [0.2, 0.25) is 5.02 Å². The number of nitrogens with zero attached hydrogens (tertiary/aromatic N) is 1. The Morgan fingerprint density at radius 2 is 1.76 bits per heavy atom. The number of halogens is 1. The van der Waals surface area contributed by atoms with E-state index in [-0.39, 0.29) is 24.3 Å². The first-order valence-electron chi connectivity index (χ1n) is 7.73. The Hall–Kier alpha value is -2.24. The lowest BCUT2D eigenvalue weighted by Gasteiger charge is -2.13. The maximum Gasteiger partial charge on any atom is 0.293 e. The van der Waals surface area contributed by atoms with Gasteiger partial charge in [-0.15, -0.1) is 0 Å². The molecule has 2 amide bonds. The minimum Gasteiger partial charge on any atom is -0.492 e. The highest BCUT2D eigenvalue weighted by Crippen LogP contribution is 2.32.